The zero-order valence-corrected chi connectivity index (χ0v) is 17.6. The lowest BCUT2D eigenvalue weighted by molar-refractivity contribution is 0.393. The highest BCUT2D eigenvalue weighted by Gasteiger charge is 2.23. The van der Waals surface area contributed by atoms with Gasteiger partial charge in [-0.3, -0.25) is 4.98 Å². The van der Waals surface area contributed by atoms with Gasteiger partial charge >= 0.3 is 0 Å². The molecule has 6 nitrogen and oxygen atoms in total. The number of hydrogen-bond donors (Lipinski definition) is 0. The van der Waals surface area contributed by atoms with Crippen LogP contribution in [0.3, 0.4) is 0 Å². The van der Waals surface area contributed by atoms with E-state index in [1.807, 2.05) is 26.2 Å². The Balaban J connectivity index is 1.85. The van der Waals surface area contributed by atoms with E-state index in [1.54, 1.807) is 6.26 Å². The molecule has 0 aliphatic rings. The molecule has 1 aromatic carbocycles. The van der Waals surface area contributed by atoms with Crippen molar-refractivity contribution in [3.05, 3.63) is 65.5 Å². The second kappa shape index (κ2) is 7.13. The fourth-order valence-corrected chi connectivity index (χ4v) is 4.48. The molecule has 0 spiro atoms. The Labute approximate surface area is 174 Å². The summed E-state index contributed by atoms with van der Waals surface area (Å²) < 4.78 is 13.0. The van der Waals surface area contributed by atoms with E-state index in [0.717, 1.165) is 57.4 Å². The minimum atomic E-state index is 0.116. The van der Waals surface area contributed by atoms with Gasteiger partial charge in [-0.25, -0.2) is 0 Å². The molecular weight excluding hydrogens is 376 g/mol. The minimum Gasteiger partial charge on any atom is -0.364 e. The van der Waals surface area contributed by atoms with Gasteiger partial charge in [0.2, 0.25) is 0 Å². The van der Waals surface area contributed by atoms with Crippen molar-refractivity contribution in [2.75, 3.05) is 0 Å². The van der Waals surface area contributed by atoms with Crippen molar-refractivity contribution < 1.29 is 9.05 Å². The van der Waals surface area contributed by atoms with E-state index in [2.05, 4.69) is 53.0 Å². The van der Waals surface area contributed by atoms with Crippen LogP contribution in [0.15, 0.2) is 52.0 Å². The zero-order chi connectivity index (χ0) is 20.8. The number of benzene rings is 1. The fraction of sp³-hybridized carbons (Fsp3) is 0.292. The van der Waals surface area contributed by atoms with Crippen LogP contribution in [0.4, 0.5) is 0 Å². The molecular formula is C24H24N4O2. The van der Waals surface area contributed by atoms with Crippen LogP contribution in [0.25, 0.3) is 33.1 Å². The highest BCUT2D eigenvalue weighted by Crippen LogP contribution is 2.38. The average Bonchev–Trinajstić information content (AvgIpc) is 3.44. The summed E-state index contributed by atoms with van der Waals surface area (Å²) in [7, 11) is 0. The third-order valence-electron chi connectivity index (χ3n) is 5.83. The molecule has 0 bridgehead atoms. The van der Waals surface area contributed by atoms with Crippen LogP contribution in [0, 0.1) is 20.8 Å². The van der Waals surface area contributed by atoms with E-state index in [9.17, 15) is 0 Å². The number of rotatable bonds is 5. The minimum absolute atomic E-state index is 0.116. The predicted molar refractivity (Wildman–Crippen MR) is 116 cm³/mol. The smallest absolute Gasteiger partial charge is 0.141 e. The highest BCUT2D eigenvalue weighted by molar-refractivity contribution is 6.07. The molecule has 0 saturated heterocycles. The number of aromatic nitrogens is 4. The zero-order valence-electron chi connectivity index (χ0n) is 17.6. The third-order valence-corrected chi connectivity index (χ3v) is 5.83. The maximum atomic E-state index is 5.41. The van der Waals surface area contributed by atoms with Gasteiger partial charge in [0.05, 0.1) is 34.5 Å². The molecule has 4 aromatic heterocycles. The summed E-state index contributed by atoms with van der Waals surface area (Å²) in [5.41, 5.74) is 8.45. The summed E-state index contributed by atoms with van der Waals surface area (Å²) in [6.45, 7) is 8.23. The Kier molecular flexibility index (Phi) is 4.42. The van der Waals surface area contributed by atoms with Crippen LogP contribution in [-0.2, 0) is 0 Å². The molecule has 30 heavy (non-hydrogen) atoms. The van der Waals surface area contributed by atoms with Crippen molar-refractivity contribution in [2.24, 2.45) is 0 Å². The SMILES string of the molecule is CCCC(c1cnoc1)n1c2cc(C)ccc2c2ncc(-c3c(C)noc3C)cc21. The summed E-state index contributed by atoms with van der Waals surface area (Å²) in [6.07, 6.45) is 7.51. The average molecular weight is 400 g/mol. The Morgan fingerprint density at radius 3 is 2.63 bits per heavy atom. The quantitative estimate of drug-likeness (QED) is 0.354. The van der Waals surface area contributed by atoms with Gasteiger partial charge in [-0.2, -0.15) is 0 Å². The van der Waals surface area contributed by atoms with Gasteiger partial charge in [0.25, 0.3) is 0 Å². The molecule has 1 atom stereocenters. The van der Waals surface area contributed by atoms with Crippen LogP contribution in [-0.4, -0.2) is 19.9 Å². The van der Waals surface area contributed by atoms with Crippen LogP contribution in [0.1, 0.15) is 48.4 Å². The van der Waals surface area contributed by atoms with Crippen LogP contribution < -0.4 is 0 Å². The molecule has 0 amide bonds. The normalized spacial score (nSPS) is 12.8. The molecule has 0 aliphatic carbocycles. The topological polar surface area (TPSA) is 69.9 Å². The molecule has 1 unspecified atom stereocenters. The van der Waals surface area contributed by atoms with Gasteiger partial charge in [0.1, 0.15) is 12.0 Å². The van der Waals surface area contributed by atoms with Crippen molar-refractivity contribution in [1.29, 1.82) is 0 Å². The Morgan fingerprint density at radius 2 is 1.93 bits per heavy atom. The lowest BCUT2D eigenvalue weighted by atomic mass is 10.0. The number of fused-ring (bicyclic) bond motifs is 3. The summed E-state index contributed by atoms with van der Waals surface area (Å²) in [5.74, 6) is 0.802. The number of nitrogens with zero attached hydrogens (tertiary/aromatic N) is 4. The molecule has 0 fully saturated rings. The molecule has 4 heterocycles. The van der Waals surface area contributed by atoms with Gasteiger partial charge in [-0.05, 0) is 44.9 Å². The first-order valence-corrected chi connectivity index (χ1v) is 10.3. The molecule has 5 rings (SSSR count). The van der Waals surface area contributed by atoms with Crippen LogP contribution in [0.5, 0.6) is 0 Å². The van der Waals surface area contributed by atoms with Crippen molar-refractivity contribution in [3.8, 4) is 11.1 Å². The fourth-order valence-electron chi connectivity index (χ4n) is 4.48. The number of hydrogen-bond acceptors (Lipinski definition) is 5. The predicted octanol–water partition coefficient (Wildman–Crippen LogP) is 6.15. The summed E-state index contributed by atoms with van der Waals surface area (Å²) in [6, 6.07) is 8.88. The summed E-state index contributed by atoms with van der Waals surface area (Å²) >= 11 is 0. The lowest BCUT2D eigenvalue weighted by Gasteiger charge is -2.19. The molecule has 5 aromatic rings. The van der Waals surface area contributed by atoms with Gasteiger partial charge < -0.3 is 13.6 Å². The van der Waals surface area contributed by atoms with Gasteiger partial charge in [0, 0.05) is 28.3 Å². The molecule has 0 aliphatic heterocycles. The van der Waals surface area contributed by atoms with Gasteiger partial charge in [-0.1, -0.05) is 35.8 Å². The maximum absolute atomic E-state index is 5.41. The first kappa shape index (κ1) is 18.6. The summed E-state index contributed by atoms with van der Waals surface area (Å²) in [5, 5.41) is 9.25. The first-order chi connectivity index (χ1) is 14.6. The standard InChI is InChI=1S/C24H24N4O2/c1-5-6-20(18-12-26-29-13-18)28-21-9-14(2)7-8-19(21)24-22(28)10-17(11-25-24)23-15(3)27-30-16(23)4/h7-13,20H,5-6H2,1-4H3. The van der Waals surface area contributed by atoms with Crippen LogP contribution >= 0.6 is 0 Å². The largest absolute Gasteiger partial charge is 0.364 e. The van der Waals surface area contributed by atoms with Crippen LogP contribution in [0.2, 0.25) is 0 Å². The first-order valence-electron chi connectivity index (χ1n) is 10.3. The van der Waals surface area contributed by atoms with E-state index >= 15 is 0 Å². The highest BCUT2D eigenvalue weighted by atomic mass is 16.5. The maximum Gasteiger partial charge on any atom is 0.141 e. The molecule has 0 radical (unpaired) electrons. The molecule has 0 N–H and O–H groups in total. The van der Waals surface area contributed by atoms with E-state index in [-0.39, 0.29) is 6.04 Å². The second-order valence-electron chi connectivity index (χ2n) is 7.94. The van der Waals surface area contributed by atoms with Crippen molar-refractivity contribution in [1.82, 2.24) is 19.9 Å². The number of aryl methyl sites for hydroxylation is 3. The van der Waals surface area contributed by atoms with Gasteiger partial charge in [0.15, 0.2) is 0 Å². The molecule has 6 heteroatoms. The van der Waals surface area contributed by atoms with Crippen molar-refractivity contribution >= 4 is 21.9 Å². The third kappa shape index (κ3) is 2.83. The van der Waals surface area contributed by atoms with Crippen molar-refractivity contribution in [3.63, 3.8) is 0 Å². The number of pyridine rings is 1. The molecule has 0 saturated carbocycles. The Morgan fingerprint density at radius 1 is 1.07 bits per heavy atom. The van der Waals surface area contributed by atoms with E-state index in [1.165, 1.54) is 11.1 Å². The van der Waals surface area contributed by atoms with E-state index < -0.39 is 0 Å². The molecule has 152 valence electrons. The van der Waals surface area contributed by atoms with Gasteiger partial charge in [-0.15, -0.1) is 0 Å². The summed E-state index contributed by atoms with van der Waals surface area (Å²) in [4.78, 5) is 4.89. The monoisotopic (exact) mass is 400 g/mol. The van der Waals surface area contributed by atoms with E-state index in [0.29, 0.717) is 0 Å². The Bertz CT molecular complexity index is 1330. The second-order valence-corrected chi connectivity index (χ2v) is 7.94. The lowest BCUT2D eigenvalue weighted by Crippen LogP contribution is -2.10. The van der Waals surface area contributed by atoms with E-state index in [4.69, 9.17) is 14.0 Å². The Hall–Kier alpha value is -3.41. The van der Waals surface area contributed by atoms with Crippen molar-refractivity contribution in [2.45, 2.75) is 46.6 Å².